The molecule has 0 unspecified atom stereocenters. The molecule has 0 fully saturated rings. The molecular weight excluding hydrogens is 296 g/mol. The highest BCUT2D eigenvalue weighted by molar-refractivity contribution is 6.01. The Kier molecular flexibility index (Phi) is 5.36. The standard InChI is InChI=1S/C18H18O5/c1-3-22-16-9-7-13(8-10-16)17(20)12(2)23-18(21)14-5-4-6-15(19)11-14/h4-12,19H,3H2,1-2H3/t12-/m1/s1. The van der Waals surface area contributed by atoms with Gasteiger partial charge in [-0.2, -0.15) is 0 Å². The van der Waals surface area contributed by atoms with Crippen molar-refractivity contribution in [2.45, 2.75) is 20.0 Å². The number of hydrogen-bond acceptors (Lipinski definition) is 5. The second-order valence-electron chi connectivity index (χ2n) is 4.92. The number of ketones is 1. The Morgan fingerprint density at radius 3 is 2.39 bits per heavy atom. The van der Waals surface area contributed by atoms with Crippen LogP contribution in [0.3, 0.4) is 0 Å². The Hall–Kier alpha value is -2.82. The molecule has 5 nitrogen and oxygen atoms in total. The van der Waals surface area contributed by atoms with E-state index in [-0.39, 0.29) is 17.1 Å². The fourth-order valence-electron chi connectivity index (χ4n) is 2.03. The summed E-state index contributed by atoms with van der Waals surface area (Å²) in [6.07, 6.45) is -0.928. The lowest BCUT2D eigenvalue weighted by molar-refractivity contribution is 0.0318. The maximum absolute atomic E-state index is 12.3. The molecule has 0 aliphatic heterocycles. The summed E-state index contributed by atoms with van der Waals surface area (Å²) in [6.45, 7) is 3.94. The number of carbonyl (C=O) groups excluding carboxylic acids is 2. The van der Waals surface area contributed by atoms with Crippen molar-refractivity contribution in [1.82, 2.24) is 0 Å². The number of Topliss-reactive ketones (excluding diaryl/α,β-unsaturated/α-hetero) is 1. The second kappa shape index (κ2) is 7.45. The van der Waals surface area contributed by atoms with Gasteiger partial charge in [-0.15, -0.1) is 0 Å². The first-order valence-corrected chi connectivity index (χ1v) is 7.28. The Labute approximate surface area is 134 Å². The molecule has 0 spiro atoms. The van der Waals surface area contributed by atoms with Gasteiger partial charge in [-0.3, -0.25) is 4.79 Å². The van der Waals surface area contributed by atoms with Crippen LogP contribution in [0.25, 0.3) is 0 Å². The molecule has 2 aromatic carbocycles. The van der Waals surface area contributed by atoms with Gasteiger partial charge in [-0.25, -0.2) is 4.79 Å². The summed E-state index contributed by atoms with van der Waals surface area (Å²) in [5.41, 5.74) is 0.626. The number of aromatic hydroxyl groups is 1. The predicted molar refractivity (Wildman–Crippen MR) is 84.9 cm³/mol. The van der Waals surface area contributed by atoms with Crippen LogP contribution in [0.2, 0.25) is 0 Å². The number of carbonyl (C=O) groups is 2. The highest BCUT2D eigenvalue weighted by Gasteiger charge is 2.20. The fraction of sp³-hybridized carbons (Fsp3) is 0.222. The van der Waals surface area contributed by atoms with Crippen molar-refractivity contribution in [2.24, 2.45) is 0 Å². The van der Waals surface area contributed by atoms with Gasteiger partial charge in [0.05, 0.1) is 12.2 Å². The van der Waals surface area contributed by atoms with E-state index >= 15 is 0 Å². The van der Waals surface area contributed by atoms with Crippen molar-refractivity contribution >= 4 is 11.8 Å². The molecule has 2 aromatic rings. The Bertz CT molecular complexity index is 691. The zero-order valence-corrected chi connectivity index (χ0v) is 13.0. The topological polar surface area (TPSA) is 72.8 Å². The molecule has 0 aliphatic carbocycles. The molecule has 0 radical (unpaired) electrons. The van der Waals surface area contributed by atoms with Crippen LogP contribution in [0.15, 0.2) is 48.5 Å². The van der Waals surface area contributed by atoms with Crippen LogP contribution in [0, 0.1) is 0 Å². The summed E-state index contributed by atoms with van der Waals surface area (Å²) in [5.74, 6) is -0.326. The summed E-state index contributed by atoms with van der Waals surface area (Å²) in [6, 6.07) is 12.4. The molecule has 1 atom stereocenters. The van der Waals surface area contributed by atoms with E-state index in [0.29, 0.717) is 17.9 Å². The number of phenolic OH excluding ortho intramolecular Hbond substituents is 1. The van der Waals surface area contributed by atoms with Crippen LogP contribution in [0.5, 0.6) is 11.5 Å². The number of rotatable bonds is 6. The van der Waals surface area contributed by atoms with Crippen molar-refractivity contribution in [1.29, 1.82) is 0 Å². The van der Waals surface area contributed by atoms with E-state index in [2.05, 4.69) is 0 Å². The molecule has 5 heteroatoms. The normalized spacial score (nSPS) is 11.6. The lowest BCUT2D eigenvalue weighted by atomic mass is 10.1. The van der Waals surface area contributed by atoms with Crippen LogP contribution in [0.1, 0.15) is 34.6 Å². The van der Waals surface area contributed by atoms with Crippen LogP contribution in [0.4, 0.5) is 0 Å². The number of esters is 1. The second-order valence-corrected chi connectivity index (χ2v) is 4.92. The zero-order valence-electron chi connectivity index (χ0n) is 13.0. The average molecular weight is 314 g/mol. The minimum Gasteiger partial charge on any atom is -0.508 e. The van der Waals surface area contributed by atoms with Crippen molar-refractivity contribution in [3.63, 3.8) is 0 Å². The van der Waals surface area contributed by atoms with Gasteiger partial charge in [0.1, 0.15) is 11.5 Å². The monoisotopic (exact) mass is 314 g/mol. The van der Waals surface area contributed by atoms with Crippen molar-refractivity contribution in [3.8, 4) is 11.5 Å². The maximum Gasteiger partial charge on any atom is 0.338 e. The molecule has 23 heavy (non-hydrogen) atoms. The lowest BCUT2D eigenvalue weighted by Gasteiger charge is -2.13. The summed E-state index contributed by atoms with van der Waals surface area (Å²) in [4.78, 5) is 24.3. The Morgan fingerprint density at radius 1 is 1.09 bits per heavy atom. The zero-order chi connectivity index (χ0) is 16.8. The van der Waals surface area contributed by atoms with E-state index in [1.165, 1.54) is 31.2 Å². The SMILES string of the molecule is CCOc1ccc(C(=O)[C@@H](C)OC(=O)c2cccc(O)c2)cc1. The van der Waals surface area contributed by atoms with Crippen molar-refractivity contribution < 1.29 is 24.2 Å². The van der Waals surface area contributed by atoms with E-state index < -0.39 is 12.1 Å². The molecule has 0 aliphatic rings. The van der Waals surface area contributed by atoms with Gasteiger partial charge < -0.3 is 14.6 Å². The third-order valence-electron chi connectivity index (χ3n) is 3.18. The van der Waals surface area contributed by atoms with Gasteiger partial charge in [0.25, 0.3) is 0 Å². The van der Waals surface area contributed by atoms with Crippen molar-refractivity contribution in [2.75, 3.05) is 6.61 Å². The predicted octanol–water partition coefficient (Wildman–Crippen LogP) is 3.22. The number of phenols is 1. The molecule has 0 aromatic heterocycles. The minimum absolute atomic E-state index is 0.0371. The third kappa shape index (κ3) is 4.32. The molecule has 0 saturated carbocycles. The molecule has 1 N–H and O–H groups in total. The first-order valence-electron chi connectivity index (χ1n) is 7.28. The van der Waals surface area contributed by atoms with Crippen molar-refractivity contribution in [3.05, 3.63) is 59.7 Å². The smallest absolute Gasteiger partial charge is 0.338 e. The van der Waals surface area contributed by atoms with Gasteiger partial charge in [0.15, 0.2) is 6.10 Å². The van der Waals surface area contributed by atoms with E-state index in [0.717, 1.165) is 0 Å². The molecule has 120 valence electrons. The molecule has 0 saturated heterocycles. The Balaban J connectivity index is 2.03. The van der Waals surface area contributed by atoms with E-state index in [9.17, 15) is 14.7 Å². The maximum atomic E-state index is 12.3. The largest absolute Gasteiger partial charge is 0.508 e. The van der Waals surface area contributed by atoms with Crippen LogP contribution < -0.4 is 4.74 Å². The first kappa shape index (κ1) is 16.5. The lowest BCUT2D eigenvalue weighted by Crippen LogP contribution is -2.24. The molecular formula is C18H18O5. The summed E-state index contributed by atoms with van der Waals surface area (Å²) >= 11 is 0. The summed E-state index contributed by atoms with van der Waals surface area (Å²) in [7, 11) is 0. The molecule has 0 amide bonds. The first-order chi connectivity index (χ1) is 11.0. The third-order valence-corrected chi connectivity index (χ3v) is 3.18. The minimum atomic E-state index is -0.928. The van der Waals surface area contributed by atoms with Gasteiger partial charge in [0, 0.05) is 5.56 Å². The van der Waals surface area contributed by atoms with Gasteiger partial charge in [-0.05, 0) is 56.3 Å². The average Bonchev–Trinajstić information content (AvgIpc) is 2.55. The number of hydrogen-bond donors (Lipinski definition) is 1. The highest BCUT2D eigenvalue weighted by Crippen LogP contribution is 2.16. The van der Waals surface area contributed by atoms with E-state index in [1.807, 2.05) is 6.92 Å². The quantitative estimate of drug-likeness (QED) is 0.654. The fourth-order valence-corrected chi connectivity index (χ4v) is 2.03. The summed E-state index contributed by atoms with van der Waals surface area (Å²) < 4.78 is 10.5. The number of benzene rings is 2. The van der Waals surface area contributed by atoms with E-state index in [1.54, 1.807) is 24.3 Å². The number of ether oxygens (including phenoxy) is 2. The Morgan fingerprint density at radius 2 is 1.78 bits per heavy atom. The molecule has 0 bridgehead atoms. The molecule has 2 rings (SSSR count). The van der Waals surface area contributed by atoms with Crippen LogP contribution in [-0.4, -0.2) is 29.6 Å². The van der Waals surface area contributed by atoms with Gasteiger partial charge in [0.2, 0.25) is 5.78 Å². The molecule has 0 heterocycles. The van der Waals surface area contributed by atoms with Crippen LogP contribution >= 0.6 is 0 Å². The summed E-state index contributed by atoms with van der Waals surface area (Å²) in [5, 5.41) is 9.37. The van der Waals surface area contributed by atoms with Gasteiger partial charge in [-0.1, -0.05) is 6.07 Å². The van der Waals surface area contributed by atoms with Crippen LogP contribution in [-0.2, 0) is 4.74 Å². The highest BCUT2D eigenvalue weighted by atomic mass is 16.5. The van der Waals surface area contributed by atoms with Gasteiger partial charge >= 0.3 is 5.97 Å². The van der Waals surface area contributed by atoms with E-state index in [4.69, 9.17) is 9.47 Å².